The van der Waals surface area contributed by atoms with Gasteiger partial charge < -0.3 is 0 Å². The largest absolute Gasteiger partial charge is 0.416 e. The lowest BCUT2D eigenvalue weighted by Crippen LogP contribution is -2.03. The average Bonchev–Trinajstić information content (AvgIpc) is 3.83. The number of aldehydes is 2. The van der Waals surface area contributed by atoms with E-state index in [0.717, 1.165) is 86.3 Å². The van der Waals surface area contributed by atoms with Gasteiger partial charge >= 0.3 is 12.4 Å². The molecule has 7 rings (SSSR count). The van der Waals surface area contributed by atoms with Crippen molar-refractivity contribution in [3.63, 3.8) is 0 Å². The topological polar surface area (TPSA) is 34.1 Å². The Balaban J connectivity index is 1.11. The van der Waals surface area contributed by atoms with E-state index in [2.05, 4.69) is 24.3 Å². The van der Waals surface area contributed by atoms with E-state index in [1.165, 1.54) is 46.9 Å². The first-order valence-electron chi connectivity index (χ1n) is 14.3. The number of hydrogen-bond donors (Lipinski definition) is 0. The molecule has 0 aliphatic carbocycles. The van der Waals surface area contributed by atoms with Crippen LogP contribution in [0.25, 0.3) is 41.1 Å². The molecule has 0 unspecified atom stereocenters. The number of carbonyl (C=O) groups is 2. The van der Waals surface area contributed by atoms with Crippen molar-refractivity contribution in [3.05, 3.63) is 127 Å². The van der Waals surface area contributed by atoms with Crippen molar-refractivity contribution in [2.45, 2.75) is 25.2 Å². The third kappa shape index (κ3) is 6.49. The Hall–Kier alpha value is -4.10. The molecule has 3 aromatic carbocycles. The van der Waals surface area contributed by atoms with E-state index in [-0.39, 0.29) is 0 Å². The summed E-state index contributed by atoms with van der Waals surface area (Å²) in [5.74, 6) is 0. The van der Waals surface area contributed by atoms with Gasteiger partial charge in [0, 0.05) is 62.6 Å². The molecule has 0 aliphatic heterocycles. The average molecular weight is 727 g/mol. The fourth-order valence-corrected chi connectivity index (χ4v) is 10.2. The van der Waals surface area contributed by atoms with E-state index in [1.807, 2.05) is 0 Å². The van der Waals surface area contributed by atoms with Crippen LogP contribution in [0, 0.1) is 0 Å². The standard InChI is InChI=1S/C36H20F6O2S4/c37-35(38,39)25-5-1-19(2-6-25)29-13-23(17-43)33(47-29)15-27-9-21-11-32-22(12-31(21)45-27)10-28(46-32)16-34-24(18-44)14-30(48-34)20-3-7-26(8-4-20)36(40,41)42/h1-14,17-18H,15-16H2. The van der Waals surface area contributed by atoms with Crippen LogP contribution in [-0.4, -0.2) is 12.6 Å². The Morgan fingerprint density at radius 1 is 0.500 bits per heavy atom. The molecular weight excluding hydrogens is 707 g/mol. The maximum Gasteiger partial charge on any atom is 0.416 e. The molecule has 0 saturated heterocycles. The van der Waals surface area contributed by atoms with E-state index in [1.54, 1.807) is 34.8 Å². The number of thiophene rings is 4. The molecule has 0 radical (unpaired) electrons. The van der Waals surface area contributed by atoms with E-state index in [0.29, 0.717) is 35.1 Å². The molecule has 242 valence electrons. The fourth-order valence-electron chi connectivity index (χ4n) is 5.47. The third-order valence-electron chi connectivity index (χ3n) is 7.86. The molecule has 0 N–H and O–H groups in total. The quantitative estimate of drug-likeness (QED) is 0.115. The second-order valence-electron chi connectivity index (χ2n) is 11.1. The predicted octanol–water partition coefficient (Wildman–Crippen LogP) is 12.4. The van der Waals surface area contributed by atoms with Gasteiger partial charge in [-0.1, -0.05) is 24.3 Å². The highest BCUT2D eigenvalue weighted by molar-refractivity contribution is 7.21. The lowest BCUT2D eigenvalue weighted by Gasteiger charge is -2.06. The van der Waals surface area contributed by atoms with Crippen molar-refractivity contribution in [1.29, 1.82) is 0 Å². The molecule has 0 bridgehead atoms. The maximum atomic E-state index is 13.0. The van der Waals surface area contributed by atoms with Crippen molar-refractivity contribution in [3.8, 4) is 20.9 Å². The minimum atomic E-state index is -4.42. The van der Waals surface area contributed by atoms with E-state index < -0.39 is 23.5 Å². The van der Waals surface area contributed by atoms with E-state index in [4.69, 9.17) is 0 Å². The number of fused-ring (bicyclic) bond motifs is 2. The molecule has 0 spiro atoms. The lowest BCUT2D eigenvalue weighted by atomic mass is 10.1. The van der Waals surface area contributed by atoms with E-state index in [9.17, 15) is 35.9 Å². The Morgan fingerprint density at radius 2 is 0.875 bits per heavy atom. The summed E-state index contributed by atoms with van der Waals surface area (Å²) in [7, 11) is 0. The monoisotopic (exact) mass is 726 g/mol. The molecule has 4 heterocycles. The zero-order valence-electron chi connectivity index (χ0n) is 24.4. The summed E-state index contributed by atoms with van der Waals surface area (Å²) in [5.41, 5.74) is 0.824. The lowest BCUT2D eigenvalue weighted by molar-refractivity contribution is -0.138. The Labute approximate surface area is 285 Å². The van der Waals surface area contributed by atoms with Gasteiger partial charge in [-0.2, -0.15) is 26.3 Å². The van der Waals surface area contributed by atoms with Crippen LogP contribution in [0.5, 0.6) is 0 Å². The molecule has 0 amide bonds. The van der Waals surface area contributed by atoms with Crippen LogP contribution in [0.1, 0.15) is 51.4 Å². The smallest absolute Gasteiger partial charge is 0.298 e. The highest BCUT2D eigenvalue weighted by Gasteiger charge is 2.31. The molecular formula is C36H20F6O2S4. The molecule has 7 aromatic rings. The van der Waals surface area contributed by atoms with Gasteiger partial charge in [0.2, 0.25) is 0 Å². The first-order chi connectivity index (χ1) is 22.9. The third-order valence-corrected chi connectivity index (χ3v) is 12.5. The van der Waals surface area contributed by atoms with Crippen LogP contribution in [0.3, 0.4) is 0 Å². The van der Waals surface area contributed by atoms with Gasteiger partial charge in [0.15, 0.2) is 12.6 Å². The number of carbonyl (C=O) groups excluding carboxylic acids is 2. The number of rotatable bonds is 8. The van der Waals surface area contributed by atoms with Gasteiger partial charge in [-0.3, -0.25) is 9.59 Å². The Morgan fingerprint density at radius 3 is 1.21 bits per heavy atom. The molecule has 0 saturated carbocycles. The maximum absolute atomic E-state index is 13.0. The number of hydrogen-bond acceptors (Lipinski definition) is 6. The zero-order valence-corrected chi connectivity index (χ0v) is 27.6. The summed E-state index contributed by atoms with van der Waals surface area (Å²) >= 11 is 6.02. The summed E-state index contributed by atoms with van der Waals surface area (Å²) < 4.78 is 80.1. The second-order valence-corrected chi connectivity index (χ2v) is 15.7. The highest BCUT2D eigenvalue weighted by Crippen LogP contribution is 2.40. The van der Waals surface area contributed by atoms with Crippen LogP contribution < -0.4 is 0 Å². The van der Waals surface area contributed by atoms with Gasteiger partial charge in [-0.15, -0.1) is 45.3 Å². The van der Waals surface area contributed by atoms with Crippen LogP contribution in [0.2, 0.25) is 0 Å². The number of alkyl halides is 6. The fraction of sp³-hybridized carbons (Fsp3) is 0.111. The first kappa shape index (κ1) is 32.4. The van der Waals surface area contributed by atoms with Crippen molar-refractivity contribution >= 4 is 78.1 Å². The predicted molar refractivity (Wildman–Crippen MR) is 183 cm³/mol. The van der Waals surface area contributed by atoms with Gasteiger partial charge in [0.1, 0.15) is 0 Å². The molecule has 0 aliphatic rings. The normalized spacial score (nSPS) is 12.3. The highest BCUT2D eigenvalue weighted by atomic mass is 32.1. The summed E-state index contributed by atoms with van der Waals surface area (Å²) in [4.78, 5) is 29.0. The van der Waals surface area contributed by atoms with Crippen molar-refractivity contribution in [2.24, 2.45) is 0 Å². The SMILES string of the molecule is O=Cc1cc(-c2ccc(C(F)(F)F)cc2)sc1Cc1cc2cc3sc(Cc4sc(-c5ccc(C(F)(F)F)cc5)cc4C=O)cc3cc2s1. The van der Waals surface area contributed by atoms with Crippen molar-refractivity contribution < 1.29 is 35.9 Å². The zero-order chi connectivity index (χ0) is 33.8. The molecule has 2 nitrogen and oxygen atoms in total. The van der Waals surface area contributed by atoms with Gasteiger partial charge in [0.25, 0.3) is 0 Å². The van der Waals surface area contributed by atoms with Gasteiger partial charge in [-0.25, -0.2) is 0 Å². The van der Waals surface area contributed by atoms with E-state index >= 15 is 0 Å². The summed E-state index contributed by atoms with van der Waals surface area (Å²) in [6.07, 6.45) is -6.24. The molecule has 0 fully saturated rings. The minimum absolute atomic E-state index is 0.516. The first-order valence-corrected chi connectivity index (χ1v) is 17.6. The number of halogens is 6. The molecule has 0 atom stereocenters. The molecule has 12 heteroatoms. The summed E-state index contributed by atoms with van der Waals surface area (Å²) in [6.45, 7) is 0. The second kappa shape index (κ2) is 12.4. The summed E-state index contributed by atoms with van der Waals surface area (Å²) in [6, 6.07) is 21.7. The minimum Gasteiger partial charge on any atom is -0.298 e. The summed E-state index contributed by atoms with van der Waals surface area (Å²) in [5, 5.41) is 2.11. The van der Waals surface area contributed by atoms with Crippen LogP contribution in [0.15, 0.2) is 84.9 Å². The Bertz CT molecular complexity index is 2090. The van der Waals surface area contributed by atoms with Crippen molar-refractivity contribution in [2.75, 3.05) is 0 Å². The molecule has 4 aromatic heterocycles. The number of benzene rings is 3. The van der Waals surface area contributed by atoms with Crippen LogP contribution in [-0.2, 0) is 25.2 Å². The van der Waals surface area contributed by atoms with Crippen molar-refractivity contribution in [1.82, 2.24) is 0 Å². The van der Waals surface area contributed by atoms with Crippen LogP contribution in [0.4, 0.5) is 26.3 Å². The Kier molecular flexibility index (Phi) is 8.39. The van der Waals surface area contributed by atoms with Gasteiger partial charge in [0.05, 0.1) is 11.1 Å². The molecule has 48 heavy (non-hydrogen) atoms. The van der Waals surface area contributed by atoms with Crippen LogP contribution >= 0.6 is 45.3 Å². The van der Waals surface area contributed by atoms with Gasteiger partial charge in [-0.05, 0) is 82.6 Å².